The number of rotatable bonds is 10. The summed E-state index contributed by atoms with van der Waals surface area (Å²) in [6.45, 7) is 0. The van der Waals surface area contributed by atoms with Crippen LogP contribution in [-0.2, 0) is 0 Å². The first-order valence-electron chi connectivity index (χ1n) is 19.3. The second kappa shape index (κ2) is 15.8. The lowest BCUT2D eigenvalue weighted by Gasteiger charge is -2.39. The number of hydrogen-bond donors (Lipinski definition) is 0. The van der Waals surface area contributed by atoms with E-state index in [4.69, 9.17) is 0 Å². The molecule has 0 saturated carbocycles. The minimum Gasteiger partial charge on any atom is -0.311 e. The number of allylic oxidation sites excluding steroid dienone is 5. The molecule has 0 heterocycles. The highest BCUT2D eigenvalue weighted by Gasteiger charge is 2.44. The molecule has 0 radical (unpaired) electrons. The predicted octanol–water partition coefficient (Wildman–Crippen LogP) is 11.2. The van der Waals surface area contributed by atoms with E-state index in [1.54, 1.807) is 0 Å². The van der Waals surface area contributed by atoms with Crippen LogP contribution < -0.4 is 30.5 Å². The smallest absolute Gasteiger partial charge is 0.181 e. The van der Waals surface area contributed by atoms with Crippen LogP contribution in [0.3, 0.4) is 0 Å². The van der Waals surface area contributed by atoms with Gasteiger partial charge >= 0.3 is 0 Å². The van der Waals surface area contributed by atoms with Gasteiger partial charge in [0.15, 0.2) is 8.07 Å². The fraction of sp³-hybridized carbons (Fsp3) is 0.0189. The third kappa shape index (κ3) is 6.59. The molecule has 1 aliphatic rings. The molecule has 0 N–H and O–H groups in total. The van der Waals surface area contributed by atoms with Gasteiger partial charge in [-0.15, -0.1) is 0 Å². The molecular formula is C53H42N2Si. The number of para-hydroxylation sites is 3. The van der Waals surface area contributed by atoms with Crippen molar-refractivity contribution < 1.29 is 0 Å². The zero-order valence-electron chi connectivity index (χ0n) is 31.2. The Morgan fingerprint density at radius 2 is 0.911 bits per heavy atom. The standard InChI is InChI=1S/C53H42N2Si/c1-2-8-27-45(26-7-1)55(46-28-11-4-12-29-46)52-36-19-20-37-53(52)56(49-31-13-5-14-32-49,50-33-15-6-16-34-50)51-35-21-30-47(41-51)54(44-24-9-3-10-25-44)48-39-38-42-22-17-18-23-43(42)40-48/h1,3-41H,2H2. The first-order valence-corrected chi connectivity index (χ1v) is 21.3. The van der Waals surface area contributed by atoms with Crippen LogP contribution in [0.25, 0.3) is 10.8 Å². The van der Waals surface area contributed by atoms with E-state index in [-0.39, 0.29) is 0 Å². The van der Waals surface area contributed by atoms with Crippen molar-refractivity contribution in [3.8, 4) is 0 Å². The maximum absolute atomic E-state index is 3.08. The van der Waals surface area contributed by atoms with Crippen LogP contribution >= 0.6 is 0 Å². The normalized spacial score (nSPS) is 12.5. The summed E-state index contributed by atoms with van der Waals surface area (Å²) < 4.78 is 0. The summed E-state index contributed by atoms with van der Waals surface area (Å²) in [5, 5.41) is 7.71. The molecule has 8 aromatic rings. The Labute approximate surface area is 331 Å². The molecule has 0 atom stereocenters. The molecule has 9 rings (SSSR count). The summed E-state index contributed by atoms with van der Waals surface area (Å²) in [6.07, 6.45) is 12.1. The molecule has 3 heteroatoms. The van der Waals surface area contributed by atoms with E-state index in [9.17, 15) is 0 Å². The summed E-state index contributed by atoms with van der Waals surface area (Å²) in [5.74, 6) is 0. The Morgan fingerprint density at radius 3 is 1.61 bits per heavy atom. The van der Waals surface area contributed by atoms with Crippen molar-refractivity contribution >= 4 is 68.0 Å². The van der Waals surface area contributed by atoms with E-state index in [0.29, 0.717) is 0 Å². The monoisotopic (exact) mass is 734 g/mol. The van der Waals surface area contributed by atoms with Gasteiger partial charge in [-0.3, -0.25) is 0 Å². The molecule has 0 spiro atoms. The molecule has 0 saturated heterocycles. The van der Waals surface area contributed by atoms with Gasteiger partial charge in [0.05, 0.1) is 0 Å². The summed E-state index contributed by atoms with van der Waals surface area (Å²) in [7, 11) is -3.08. The van der Waals surface area contributed by atoms with Gasteiger partial charge in [0.25, 0.3) is 0 Å². The van der Waals surface area contributed by atoms with Crippen molar-refractivity contribution in [2.24, 2.45) is 0 Å². The third-order valence-electron chi connectivity index (χ3n) is 10.7. The molecule has 56 heavy (non-hydrogen) atoms. The number of benzene rings is 8. The van der Waals surface area contributed by atoms with Gasteiger partial charge in [0, 0.05) is 34.1 Å². The van der Waals surface area contributed by atoms with E-state index in [0.717, 1.165) is 34.9 Å². The van der Waals surface area contributed by atoms with Gasteiger partial charge < -0.3 is 9.80 Å². The highest BCUT2D eigenvalue weighted by Crippen LogP contribution is 2.37. The molecule has 0 aromatic heterocycles. The van der Waals surface area contributed by atoms with Crippen LogP contribution in [0.15, 0.2) is 248 Å². The van der Waals surface area contributed by atoms with Crippen LogP contribution in [0.4, 0.5) is 28.4 Å². The average molecular weight is 735 g/mol. The van der Waals surface area contributed by atoms with Crippen LogP contribution in [0.5, 0.6) is 0 Å². The minimum absolute atomic E-state index is 0.902. The molecule has 8 aromatic carbocycles. The predicted molar refractivity (Wildman–Crippen MR) is 242 cm³/mol. The molecule has 0 fully saturated rings. The molecule has 2 nitrogen and oxygen atoms in total. The van der Waals surface area contributed by atoms with Crippen LogP contribution in [0, 0.1) is 0 Å². The molecule has 0 aliphatic heterocycles. The Kier molecular flexibility index (Phi) is 9.82. The highest BCUT2D eigenvalue weighted by atomic mass is 28.3. The summed E-state index contributed by atoms with van der Waals surface area (Å²) in [6, 6.07) is 77.9. The molecule has 0 bridgehead atoms. The maximum atomic E-state index is 2.46. The topological polar surface area (TPSA) is 6.48 Å². The molecule has 268 valence electrons. The number of fused-ring (bicyclic) bond motifs is 1. The number of hydrogen-bond acceptors (Lipinski definition) is 2. The Balaban J connectivity index is 1.34. The van der Waals surface area contributed by atoms with E-state index < -0.39 is 8.07 Å². The molecule has 0 unspecified atom stereocenters. The second-order valence-corrected chi connectivity index (χ2v) is 17.9. The largest absolute Gasteiger partial charge is 0.311 e. The molecule has 0 amide bonds. The van der Waals surface area contributed by atoms with Crippen molar-refractivity contribution in [3.05, 3.63) is 248 Å². The molecule has 1 aliphatic carbocycles. The van der Waals surface area contributed by atoms with Gasteiger partial charge in [0.1, 0.15) is 0 Å². The van der Waals surface area contributed by atoms with E-state index in [1.165, 1.54) is 37.2 Å². The maximum Gasteiger partial charge on any atom is 0.181 e. The fourth-order valence-electron chi connectivity index (χ4n) is 8.27. The van der Waals surface area contributed by atoms with Gasteiger partial charge in [0.2, 0.25) is 0 Å². The van der Waals surface area contributed by atoms with Gasteiger partial charge in [-0.2, -0.15) is 0 Å². The summed E-state index contributed by atoms with van der Waals surface area (Å²) >= 11 is 0. The quantitative estimate of drug-likeness (QED) is 0.102. The van der Waals surface area contributed by atoms with E-state index in [2.05, 4.69) is 253 Å². The first-order chi connectivity index (χ1) is 27.8. The summed E-state index contributed by atoms with van der Waals surface area (Å²) in [4.78, 5) is 4.85. The van der Waals surface area contributed by atoms with Gasteiger partial charge in [-0.1, -0.05) is 176 Å². The van der Waals surface area contributed by atoms with E-state index >= 15 is 0 Å². The minimum atomic E-state index is -3.08. The van der Waals surface area contributed by atoms with Crippen LogP contribution in [-0.4, -0.2) is 8.07 Å². The first kappa shape index (κ1) is 34.8. The second-order valence-electron chi connectivity index (χ2n) is 14.1. The Hall–Kier alpha value is -6.94. The lowest BCUT2D eigenvalue weighted by atomic mass is 10.1. The van der Waals surface area contributed by atoms with Crippen LogP contribution in [0.1, 0.15) is 6.42 Å². The zero-order valence-corrected chi connectivity index (χ0v) is 32.2. The molecular weight excluding hydrogens is 693 g/mol. The van der Waals surface area contributed by atoms with Gasteiger partial charge in [-0.05, 0) is 105 Å². The van der Waals surface area contributed by atoms with Crippen molar-refractivity contribution in [1.82, 2.24) is 0 Å². The highest BCUT2D eigenvalue weighted by molar-refractivity contribution is 7.20. The van der Waals surface area contributed by atoms with Gasteiger partial charge in [-0.25, -0.2) is 0 Å². The summed E-state index contributed by atoms with van der Waals surface area (Å²) in [5.41, 5.74) is 6.77. The van der Waals surface area contributed by atoms with Crippen molar-refractivity contribution in [2.75, 3.05) is 9.80 Å². The van der Waals surface area contributed by atoms with E-state index in [1.807, 2.05) is 0 Å². The fourth-order valence-corrected chi connectivity index (χ4v) is 13.2. The average Bonchev–Trinajstić information content (AvgIpc) is 3.56. The van der Waals surface area contributed by atoms with Crippen molar-refractivity contribution in [2.45, 2.75) is 6.42 Å². The lowest BCUT2D eigenvalue weighted by molar-refractivity contribution is 1.21. The van der Waals surface area contributed by atoms with Crippen molar-refractivity contribution in [3.63, 3.8) is 0 Å². The van der Waals surface area contributed by atoms with Crippen molar-refractivity contribution in [1.29, 1.82) is 0 Å². The SMILES string of the molecule is C1=CCC=CC(N(c2ccccc2)c2ccccc2[Si](c2ccccc2)(c2ccccc2)c2cccc(N(c3ccccc3)c3ccc4ccccc4c3)c2)=C1. The number of nitrogens with zero attached hydrogens (tertiary/aromatic N) is 2. The zero-order chi connectivity index (χ0) is 37.6. The third-order valence-corrected chi connectivity index (χ3v) is 15.5. The lowest BCUT2D eigenvalue weighted by Crippen LogP contribution is -2.75. The Bertz CT molecular complexity index is 2630. The van der Waals surface area contributed by atoms with Crippen LogP contribution in [0.2, 0.25) is 0 Å². The Morgan fingerprint density at radius 1 is 0.375 bits per heavy atom. The number of anilines is 5.